The molecule has 3 aromatic rings. The van der Waals surface area contributed by atoms with Gasteiger partial charge in [-0.15, -0.1) is 0 Å². The molecule has 0 unspecified atom stereocenters. The maximum atomic E-state index is 12.8. The Bertz CT molecular complexity index is 1120. The Morgan fingerprint density at radius 1 is 0.903 bits per heavy atom. The van der Waals surface area contributed by atoms with Crippen molar-refractivity contribution in [1.82, 2.24) is 0 Å². The summed E-state index contributed by atoms with van der Waals surface area (Å²) in [5.74, 6) is -1.04. The van der Waals surface area contributed by atoms with Gasteiger partial charge in [-0.3, -0.25) is 4.79 Å². The third-order valence-electron chi connectivity index (χ3n) is 5.19. The second-order valence-electron chi connectivity index (χ2n) is 7.12. The third kappa shape index (κ3) is 4.30. The van der Waals surface area contributed by atoms with Crippen LogP contribution in [0, 0.1) is 0 Å². The molecule has 0 atom stereocenters. The Labute approximate surface area is 176 Å². The number of halogens is 3. The number of nitrogens with zero attached hydrogens (tertiary/aromatic N) is 1. The van der Waals surface area contributed by atoms with E-state index in [-0.39, 0.29) is 11.5 Å². The van der Waals surface area contributed by atoms with Gasteiger partial charge in [0.1, 0.15) is 0 Å². The van der Waals surface area contributed by atoms with Gasteiger partial charge in [0.25, 0.3) is 5.91 Å². The van der Waals surface area contributed by atoms with Gasteiger partial charge in [-0.2, -0.15) is 13.2 Å². The lowest BCUT2D eigenvalue weighted by molar-refractivity contribution is -0.137. The zero-order valence-electron chi connectivity index (χ0n) is 16.4. The molecule has 158 valence electrons. The molecule has 0 N–H and O–H groups in total. The molecule has 1 heterocycles. The summed E-state index contributed by atoms with van der Waals surface area (Å²) < 4.78 is 43.7. The molecule has 1 aliphatic heterocycles. The summed E-state index contributed by atoms with van der Waals surface area (Å²) in [7, 11) is 0. The van der Waals surface area contributed by atoms with Gasteiger partial charge < -0.3 is 9.64 Å². The Balaban J connectivity index is 1.48. The number of carbonyl (C=O) groups is 2. The summed E-state index contributed by atoms with van der Waals surface area (Å²) in [6.45, 7) is 0.104. The Morgan fingerprint density at radius 2 is 1.58 bits per heavy atom. The van der Waals surface area contributed by atoms with E-state index in [9.17, 15) is 22.8 Å². The van der Waals surface area contributed by atoms with E-state index in [1.807, 2.05) is 24.3 Å². The van der Waals surface area contributed by atoms with Crippen LogP contribution in [0.15, 0.2) is 72.8 Å². The standard InChI is InChI=1S/C24H18F3NO3/c25-24(26,27)18-11-9-16(10-12-18)19-6-2-3-7-20(19)23(30)31-15-22(29)28-14-13-17-5-1-4-8-21(17)28/h1-12H,13-15H2. The van der Waals surface area contributed by atoms with Crippen molar-refractivity contribution in [3.63, 3.8) is 0 Å². The lowest BCUT2D eigenvalue weighted by Crippen LogP contribution is -2.33. The number of hydrogen-bond acceptors (Lipinski definition) is 3. The minimum atomic E-state index is -4.44. The van der Waals surface area contributed by atoms with Gasteiger partial charge in [0.2, 0.25) is 0 Å². The van der Waals surface area contributed by atoms with Crippen LogP contribution in [0.1, 0.15) is 21.5 Å². The first-order chi connectivity index (χ1) is 14.8. The van der Waals surface area contributed by atoms with Crippen molar-refractivity contribution < 1.29 is 27.5 Å². The maximum Gasteiger partial charge on any atom is 0.416 e. The fraction of sp³-hybridized carbons (Fsp3) is 0.167. The third-order valence-corrected chi connectivity index (χ3v) is 5.19. The average molecular weight is 425 g/mol. The molecule has 1 aliphatic rings. The van der Waals surface area contributed by atoms with Crippen molar-refractivity contribution in [3.05, 3.63) is 89.5 Å². The highest BCUT2D eigenvalue weighted by molar-refractivity contribution is 6.01. The molecule has 31 heavy (non-hydrogen) atoms. The van der Waals surface area contributed by atoms with Crippen LogP contribution in [0.3, 0.4) is 0 Å². The number of anilines is 1. The minimum Gasteiger partial charge on any atom is -0.452 e. The molecule has 0 saturated heterocycles. The number of para-hydroxylation sites is 1. The summed E-state index contributed by atoms with van der Waals surface area (Å²) in [6.07, 6.45) is -3.70. The smallest absolute Gasteiger partial charge is 0.416 e. The largest absolute Gasteiger partial charge is 0.452 e. The SMILES string of the molecule is O=C(OCC(=O)N1CCc2ccccc21)c1ccccc1-c1ccc(C(F)(F)F)cc1. The number of hydrogen-bond donors (Lipinski definition) is 0. The van der Waals surface area contributed by atoms with Crippen LogP contribution in [0.2, 0.25) is 0 Å². The molecule has 0 saturated carbocycles. The van der Waals surface area contributed by atoms with Crippen LogP contribution in [0.4, 0.5) is 18.9 Å². The van der Waals surface area contributed by atoms with Crippen LogP contribution < -0.4 is 4.90 Å². The van der Waals surface area contributed by atoms with E-state index in [1.165, 1.54) is 18.2 Å². The second kappa shape index (κ2) is 8.26. The monoisotopic (exact) mass is 425 g/mol. The maximum absolute atomic E-state index is 12.8. The number of carbonyl (C=O) groups excluding carboxylic acids is 2. The fourth-order valence-corrected chi connectivity index (χ4v) is 3.63. The molecule has 4 rings (SSSR count). The summed E-state index contributed by atoms with van der Waals surface area (Å²) in [5, 5.41) is 0. The van der Waals surface area contributed by atoms with Crippen LogP contribution >= 0.6 is 0 Å². The number of ether oxygens (including phenoxy) is 1. The number of alkyl halides is 3. The van der Waals surface area contributed by atoms with Gasteiger partial charge in [0, 0.05) is 12.2 Å². The number of fused-ring (bicyclic) bond motifs is 1. The van der Waals surface area contributed by atoms with E-state index in [2.05, 4.69) is 0 Å². The summed E-state index contributed by atoms with van der Waals surface area (Å²) in [5.41, 5.74) is 2.16. The lowest BCUT2D eigenvalue weighted by Gasteiger charge is -2.17. The number of amides is 1. The highest BCUT2D eigenvalue weighted by atomic mass is 19.4. The summed E-state index contributed by atoms with van der Waals surface area (Å²) in [4.78, 5) is 26.8. The van der Waals surface area contributed by atoms with Gasteiger partial charge in [0.15, 0.2) is 6.61 Å². The quantitative estimate of drug-likeness (QED) is 0.545. The lowest BCUT2D eigenvalue weighted by atomic mass is 9.98. The normalized spacial score (nSPS) is 13.1. The predicted molar refractivity (Wildman–Crippen MR) is 110 cm³/mol. The molecule has 3 aromatic carbocycles. The highest BCUT2D eigenvalue weighted by Crippen LogP contribution is 2.32. The van der Waals surface area contributed by atoms with Gasteiger partial charge >= 0.3 is 12.1 Å². The van der Waals surface area contributed by atoms with E-state index >= 15 is 0 Å². The van der Waals surface area contributed by atoms with E-state index in [0.29, 0.717) is 17.7 Å². The molecule has 0 aromatic heterocycles. The number of benzene rings is 3. The van der Waals surface area contributed by atoms with Crippen molar-refractivity contribution in [3.8, 4) is 11.1 Å². The van der Waals surface area contributed by atoms with Gasteiger partial charge in [-0.05, 0) is 47.4 Å². The predicted octanol–water partition coefficient (Wildman–Crippen LogP) is 5.12. The topological polar surface area (TPSA) is 46.6 Å². The summed E-state index contributed by atoms with van der Waals surface area (Å²) >= 11 is 0. The molecule has 7 heteroatoms. The first-order valence-electron chi connectivity index (χ1n) is 9.66. The van der Waals surface area contributed by atoms with Crippen molar-refractivity contribution in [1.29, 1.82) is 0 Å². The average Bonchev–Trinajstić information content (AvgIpc) is 3.21. The van der Waals surface area contributed by atoms with E-state index in [4.69, 9.17) is 4.74 Å². The fourth-order valence-electron chi connectivity index (χ4n) is 3.63. The zero-order chi connectivity index (χ0) is 22.0. The van der Waals surface area contributed by atoms with Crippen LogP contribution in [-0.4, -0.2) is 25.0 Å². The molecule has 0 bridgehead atoms. The summed E-state index contributed by atoms with van der Waals surface area (Å²) in [6, 6.07) is 18.5. The van der Waals surface area contributed by atoms with Gasteiger partial charge in [-0.25, -0.2) is 4.79 Å². The first kappa shape index (κ1) is 20.7. The van der Waals surface area contributed by atoms with E-state index in [1.54, 1.807) is 23.1 Å². The molecular weight excluding hydrogens is 407 g/mol. The van der Waals surface area contributed by atoms with Gasteiger partial charge in [0.05, 0.1) is 11.1 Å². The van der Waals surface area contributed by atoms with Crippen LogP contribution in [0.25, 0.3) is 11.1 Å². The Kier molecular flexibility index (Phi) is 5.50. The molecular formula is C24H18F3NO3. The van der Waals surface area contributed by atoms with Crippen molar-refractivity contribution in [2.75, 3.05) is 18.1 Å². The van der Waals surface area contributed by atoms with Crippen molar-refractivity contribution in [2.45, 2.75) is 12.6 Å². The van der Waals surface area contributed by atoms with Crippen LogP contribution in [-0.2, 0) is 22.1 Å². The molecule has 4 nitrogen and oxygen atoms in total. The Hall–Kier alpha value is -3.61. The first-order valence-corrected chi connectivity index (χ1v) is 9.66. The van der Waals surface area contributed by atoms with E-state index < -0.39 is 24.3 Å². The zero-order valence-corrected chi connectivity index (χ0v) is 16.4. The van der Waals surface area contributed by atoms with Crippen LogP contribution in [0.5, 0.6) is 0 Å². The molecule has 0 aliphatic carbocycles. The molecule has 0 fully saturated rings. The second-order valence-corrected chi connectivity index (χ2v) is 7.12. The molecule has 0 radical (unpaired) electrons. The highest BCUT2D eigenvalue weighted by Gasteiger charge is 2.30. The number of rotatable bonds is 4. The van der Waals surface area contributed by atoms with Crippen molar-refractivity contribution >= 4 is 17.6 Å². The Morgan fingerprint density at radius 3 is 2.32 bits per heavy atom. The minimum absolute atomic E-state index is 0.178. The van der Waals surface area contributed by atoms with Crippen molar-refractivity contribution in [2.24, 2.45) is 0 Å². The van der Waals surface area contributed by atoms with E-state index in [0.717, 1.165) is 29.8 Å². The molecule has 1 amide bonds. The molecule has 0 spiro atoms. The number of esters is 1. The van der Waals surface area contributed by atoms with Gasteiger partial charge in [-0.1, -0.05) is 48.5 Å².